The first-order valence-corrected chi connectivity index (χ1v) is 6.00. The van der Waals surface area contributed by atoms with E-state index < -0.39 is 0 Å². The molecule has 3 rings (SSSR count). The molecule has 80 valence electrons. The van der Waals surface area contributed by atoms with Gasteiger partial charge in [0.05, 0.1) is 11.9 Å². The lowest BCUT2D eigenvalue weighted by atomic mass is 10.2. The van der Waals surface area contributed by atoms with Gasteiger partial charge in [0.25, 0.3) is 0 Å². The molecule has 3 aromatic rings. The molecule has 0 N–H and O–H groups in total. The lowest BCUT2D eigenvalue weighted by Crippen LogP contribution is -1.88. The quantitative estimate of drug-likeness (QED) is 0.662. The molecule has 0 bridgehead atoms. The van der Waals surface area contributed by atoms with Gasteiger partial charge in [-0.2, -0.15) is 5.10 Å². The van der Waals surface area contributed by atoms with Crippen LogP contribution < -0.4 is 0 Å². The zero-order valence-electron chi connectivity index (χ0n) is 8.51. The second kappa shape index (κ2) is 3.57. The molecule has 0 atom stereocenters. The second-order valence-electron chi connectivity index (χ2n) is 3.47. The third-order valence-corrected chi connectivity index (χ3v) is 3.42. The third-order valence-electron chi connectivity index (χ3n) is 2.33. The van der Waals surface area contributed by atoms with E-state index in [1.807, 2.05) is 41.9 Å². The summed E-state index contributed by atoms with van der Waals surface area (Å²) >= 11 is 7.44. The summed E-state index contributed by atoms with van der Waals surface area (Å²) in [5, 5.41) is 6.16. The number of fused-ring (bicyclic) bond motifs is 1. The molecule has 0 aliphatic carbocycles. The van der Waals surface area contributed by atoms with Crippen LogP contribution in [-0.4, -0.2) is 14.6 Å². The molecule has 3 nitrogen and oxygen atoms in total. The van der Waals surface area contributed by atoms with Crippen LogP contribution in [0, 0.1) is 6.92 Å². The van der Waals surface area contributed by atoms with E-state index in [2.05, 4.69) is 10.1 Å². The SMILES string of the molecule is Cc1nn2c(-c3ccc(Cl)cc3)cnc2s1. The van der Waals surface area contributed by atoms with Crippen molar-refractivity contribution in [1.82, 2.24) is 14.6 Å². The first-order chi connectivity index (χ1) is 7.74. The van der Waals surface area contributed by atoms with Crippen LogP contribution in [0.1, 0.15) is 5.01 Å². The first kappa shape index (κ1) is 9.81. The van der Waals surface area contributed by atoms with E-state index in [1.54, 1.807) is 11.3 Å². The molecule has 5 heteroatoms. The Bertz CT molecular complexity index is 639. The molecule has 16 heavy (non-hydrogen) atoms. The highest BCUT2D eigenvalue weighted by molar-refractivity contribution is 7.16. The van der Waals surface area contributed by atoms with Gasteiger partial charge in [-0.25, -0.2) is 9.50 Å². The van der Waals surface area contributed by atoms with Gasteiger partial charge < -0.3 is 0 Å². The van der Waals surface area contributed by atoms with Crippen LogP contribution in [0.25, 0.3) is 16.2 Å². The predicted octanol–water partition coefficient (Wildman–Crippen LogP) is 3.42. The Kier molecular flexibility index (Phi) is 2.19. The summed E-state index contributed by atoms with van der Waals surface area (Å²) in [6.07, 6.45) is 1.83. The van der Waals surface area contributed by atoms with E-state index in [0.717, 1.165) is 26.2 Å². The standard InChI is InChI=1S/C11H8ClN3S/c1-7-14-15-10(6-13-11(15)16-7)8-2-4-9(12)5-3-8/h2-6H,1H3. The lowest BCUT2D eigenvalue weighted by molar-refractivity contribution is 0.953. The molecule has 0 saturated heterocycles. The Morgan fingerprint density at radius 3 is 2.75 bits per heavy atom. The van der Waals surface area contributed by atoms with E-state index in [9.17, 15) is 0 Å². The fourth-order valence-electron chi connectivity index (χ4n) is 1.61. The van der Waals surface area contributed by atoms with Gasteiger partial charge in [-0.3, -0.25) is 0 Å². The van der Waals surface area contributed by atoms with Crippen LogP contribution >= 0.6 is 22.9 Å². The van der Waals surface area contributed by atoms with Crippen molar-refractivity contribution in [2.45, 2.75) is 6.92 Å². The number of aromatic nitrogens is 3. The molecule has 0 fully saturated rings. The van der Waals surface area contributed by atoms with Crippen LogP contribution in [0.15, 0.2) is 30.5 Å². The van der Waals surface area contributed by atoms with Crippen LogP contribution in [0.4, 0.5) is 0 Å². The van der Waals surface area contributed by atoms with E-state index in [1.165, 1.54) is 0 Å². The fraction of sp³-hybridized carbons (Fsp3) is 0.0909. The summed E-state index contributed by atoms with van der Waals surface area (Å²) in [4.78, 5) is 5.24. The highest BCUT2D eigenvalue weighted by Gasteiger charge is 2.09. The van der Waals surface area contributed by atoms with E-state index >= 15 is 0 Å². The number of hydrogen-bond donors (Lipinski definition) is 0. The number of halogens is 1. The maximum absolute atomic E-state index is 5.86. The molecule has 0 saturated carbocycles. The van der Waals surface area contributed by atoms with Gasteiger partial charge >= 0.3 is 0 Å². The molecule has 0 aliphatic heterocycles. The highest BCUT2D eigenvalue weighted by atomic mass is 35.5. The van der Waals surface area contributed by atoms with Crippen LogP contribution in [0.5, 0.6) is 0 Å². The Morgan fingerprint density at radius 1 is 1.25 bits per heavy atom. The van der Waals surface area contributed by atoms with Crippen molar-refractivity contribution in [3.05, 3.63) is 40.5 Å². The van der Waals surface area contributed by atoms with Gasteiger partial charge in [0.15, 0.2) is 0 Å². The average molecular weight is 250 g/mol. The number of rotatable bonds is 1. The normalized spacial score (nSPS) is 11.1. The topological polar surface area (TPSA) is 30.2 Å². The maximum atomic E-state index is 5.86. The summed E-state index contributed by atoms with van der Waals surface area (Å²) in [6, 6.07) is 7.69. The summed E-state index contributed by atoms with van der Waals surface area (Å²) in [5.74, 6) is 0. The van der Waals surface area contributed by atoms with Gasteiger partial charge in [0, 0.05) is 10.6 Å². The smallest absolute Gasteiger partial charge is 0.212 e. The number of aryl methyl sites for hydroxylation is 1. The molecule has 0 unspecified atom stereocenters. The van der Waals surface area contributed by atoms with Crippen molar-refractivity contribution in [2.24, 2.45) is 0 Å². The highest BCUT2D eigenvalue weighted by Crippen LogP contribution is 2.24. The van der Waals surface area contributed by atoms with Crippen molar-refractivity contribution in [1.29, 1.82) is 0 Å². The van der Waals surface area contributed by atoms with Crippen molar-refractivity contribution < 1.29 is 0 Å². The van der Waals surface area contributed by atoms with Crippen molar-refractivity contribution in [3.8, 4) is 11.3 Å². The molecule has 2 heterocycles. The molecule has 2 aromatic heterocycles. The molecular weight excluding hydrogens is 242 g/mol. The summed E-state index contributed by atoms with van der Waals surface area (Å²) < 4.78 is 1.86. The maximum Gasteiger partial charge on any atom is 0.212 e. The minimum Gasteiger partial charge on any atom is -0.225 e. The lowest BCUT2D eigenvalue weighted by Gasteiger charge is -1.98. The van der Waals surface area contributed by atoms with Crippen LogP contribution in [0.2, 0.25) is 5.02 Å². The van der Waals surface area contributed by atoms with E-state index in [-0.39, 0.29) is 0 Å². The van der Waals surface area contributed by atoms with Crippen molar-refractivity contribution >= 4 is 27.9 Å². The Balaban J connectivity index is 2.21. The van der Waals surface area contributed by atoms with Gasteiger partial charge in [0.1, 0.15) is 5.01 Å². The molecule has 1 aromatic carbocycles. The number of nitrogens with zero attached hydrogens (tertiary/aromatic N) is 3. The Morgan fingerprint density at radius 2 is 2.00 bits per heavy atom. The minimum absolute atomic E-state index is 0.735. The molecule has 0 amide bonds. The van der Waals surface area contributed by atoms with Gasteiger partial charge in [-0.15, -0.1) is 0 Å². The van der Waals surface area contributed by atoms with Crippen LogP contribution in [-0.2, 0) is 0 Å². The predicted molar refractivity (Wildman–Crippen MR) is 66.0 cm³/mol. The van der Waals surface area contributed by atoms with Gasteiger partial charge in [0.2, 0.25) is 4.96 Å². The molecule has 0 aliphatic rings. The number of imidazole rings is 1. The molecular formula is C11H8ClN3S. The summed E-state index contributed by atoms with van der Waals surface area (Å²) in [5.41, 5.74) is 2.07. The zero-order chi connectivity index (χ0) is 11.1. The minimum atomic E-state index is 0.735. The number of hydrogen-bond acceptors (Lipinski definition) is 3. The largest absolute Gasteiger partial charge is 0.225 e. The van der Waals surface area contributed by atoms with E-state index in [4.69, 9.17) is 11.6 Å². The molecule has 0 spiro atoms. The third kappa shape index (κ3) is 1.50. The second-order valence-corrected chi connectivity index (χ2v) is 5.06. The summed E-state index contributed by atoms with van der Waals surface area (Å²) in [6.45, 7) is 1.98. The monoisotopic (exact) mass is 249 g/mol. The average Bonchev–Trinajstić information content (AvgIpc) is 2.78. The molecule has 0 radical (unpaired) electrons. The number of benzene rings is 1. The van der Waals surface area contributed by atoms with Crippen molar-refractivity contribution in [2.75, 3.05) is 0 Å². The van der Waals surface area contributed by atoms with Crippen LogP contribution in [0.3, 0.4) is 0 Å². The van der Waals surface area contributed by atoms with Gasteiger partial charge in [-0.1, -0.05) is 35.1 Å². The zero-order valence-corrected chi connectivity index (χ0v) is 10.1. The Labute approximate surface area is 101 Å². The van der Waals surface area contributed by atoms with Gasteiger partial charge in [-0.05, 0) is 19.1 Å². The van der Waals surface area contributed by atoms with E-state index in [0.29, 0.717) is 0 Å². The first-order valence-electron chi connectivity index (χ1n) is 4.81. The Hall–Kier alpha value is -1.39. The summed E-state index contributed by atoms with van der Waals surface area (Å²) in [7, 11) is 0. The fourth-order valence-corrected chi connectivity index (χ4v) is 2.45. The van der Waals surface area contributed by atoms with Crippen molar-refractivity contribution in [3.63, 3.8) is 0 Å².